The predicted octanol–water partition coefficient (Wildman–Crippen LogP) is 1.92. The van der Waals surface area contributed by atoms with Gasteiger partial charge in [-0.1, -0.05) is 30.8 Å². The van der Waals surface area contributed by atoms with Crippen LogP contribution >= 0.6 is 0 Å². The molecule has 1 aromatic carbocycles. The standard InChI is InChI=1S/C10H7NO/c1-6-7-4-2-3-5-8(7)10(12)9(6)11/h2-5,11H,1H2. The molecule has 0 bridgehead atoms. The highest BCUT2D eigenvalue weighted by atomic mass is 16.1. The Balaban J connectivity index is 2.76. The lowest BCUT2D eigenvalue weighted by atomic mass is 10.1. The van der Waals surface area contributed by atoms with Gasteiger partial charge in [0.25, 0.3) is 0 Å². The molecule has 0 spiro atoms. The van der Waals surface area contributed by atoms with E-state index in [0.29, 0.717) is 11.1 Å². The topological polar surface area (TPSA) is 40.9 Å². The van der Waals surface area contributed by atoms with Crippen molar-refractivity contribution in [3.05, 3.63) is 42.0 Å². The number of carbonyl (C=O) groups is 1. The smallest absolute Gasteiger partial charge is 0.211 e. The lowest BCUT2D eigenvalue weighted by Gasteiger charge is -1.93. The number of Topliss-reactive ketones (excluding diaryl/α,β-unsaturated/α-hetero) is 1. The number of ketones is 1. The summed E-state index contributed by atoms with van der Waals surface area (Å²) in [5, 5.41) is 7.40. The zero-order valence-corrected chi connectivity index (χ0v) is 6.42. The van der Waals surface area contributed by atoms with Crippen LogP contribution in [0.25, 0.3) is 5.57 Å². The third-order valence-corrected chi connectivity index (χ3v) is 2.03. The Morgan fingerprint density at radius 1 is 1.17 bits per heavy atom. The average Bonchev–Trinajstić information content (AvgIpc) is 2.33. The minimum atomic E-state index is -0.212. The van der Waals surface area contributed by atoms with Gasteiger partial charge in [0.05, 0.1) is 0 Å². The minimum absolute atomic E-state index is 0.0243. The second-order valence-corrected chi connectivity index (χ2v) is 2.73. The van der Waals surface area contributed by atoms with Crippen molar-refractivity contribution in [2.75, 3.05) is 0 Å². The quantitative estimate of drug-likeness (QED) is 0.614. The van der Waals surface area contributed by atoms with Crippen LogP contribution < -0.4 is 0 Å². The number of carbonyl (C=O) groups excluding carboxylic acids is 1. The summed E-state index contributed by atoms with van der Waals surface area (Å²) in [5.74, 6) is -0.212. The van der Waals surface area contributed by atoms with Gasteiger partial charge < -0.3 is 0 Å². The molecule has 58 valence electrons. The molecule has 2 nitrogen and oxygen atoms in total. The molecule has 0 saturated heterocycles. The highest BCUT2D eigenvalue weighted by Crippen LogP contribution is 2.27. The first-order valence-corrected chi connectivity index (χ1v) is 3.64. The van der Waals surface area contributed by atoms with E-state index >= 15 is 0 Å². The highest BCUT2D eigenvalue weighted by molar-refractivity contribution is 6.63. The third-order valence-electron chi connectivity index (χ3n) is 2.03. The van der Waals surface area contributed by atoms with Gasteiger partial charge in [-0.2, -0.15) is 0 Å². The van der Waals surface area contributed by atoms with Gasteiger partial charge >= 0.3 is 0 Å². The first-order valence-electron chi connectivity index (χ1n) is 3.64. The summed E-state index contributed by atoms with van der Waals surface area (Å²) in [4.78, 5) is 11.3. The van der Waals surface area contributed by atoms with Crippen LogP contribution in [0.3, 0.4) is 0 Å². The van der Waals surface area contributed by atoms with E-state index in [0.717, 1.165) is 5.56 Å². The maximum absolute atomic E-state index is 11.3. The molecule has 0 radical (unpaired) electrons. The number of nitrogens with one attached hydrogen (secondary N) is 1. The van der Waals surface area contributed by atoms with Gasteiger partial charge in [-0.3, -0.25) is 10.2 Å². The van der Waals surface area contributed by atoms with E-state index in [2.05, 4.69) is 6.58 Å². The number of fused-ring (bicyclic) bond motifs is 1. The molecule has 12 heavy (non-hydrogen) atoms. The van der Waals surface area contributed by atoms with E-state index in [1.165, 1.54) is 0 Å². The number of rotatable bonds is 0. The van der Waals surface area contributed by atoms with Crippen LogP contribution in [0.5, 0.6) is 0 Å². The molecule has 0 unspecified atom stereocenters. The van der Waals surface area contributed by atoms with Crippen molar-refractivity contribution in [2.24, 2.45) is 0 Å². The maximum atomic E-state index is 11.3. The fourth-order valence-corrected chi connectivity index (χ4v) is 1.35. The summed E-state index contributed by atoms with van der Waals surface area (Å²) in [6.07, 6.45) is 0. The minimum Gasteiger partial charge on any atom is -0.296 e. The number of allylic oxidation sites excluding steroid dienone is 1. The summed E-state index contributed by atoms with van der Waals surface area (Å²) in [6, 6.07) is 7.18. The van der Waals surface area contributed by atoms with Crippen LogP contribution in [0, 0.1) is 5.41 Å². The molecule has 1 aromatic rings. The molecule has 0 aliphatic heterocycles. The monoisotopic (exact) mass is 157 g/mol. The van der Waals surface area contributed by atoms with Crippen LogP contribution in [-0.4, -0.2) is 11.5 Å². The van der Waals surface area contributed by atoms with Crippen molar-refractivity contribution in [3.63, 3.8) is 0 Å². The molecule has 0 heterocycles. The van der Waals surface area contributed by atoms with Gasteiger partial charge in [-0.05, 0) is 5.56 Å². The van der Waals surface area contributed by atoms with Gasteiger partial charge in [-0.15, -0.1) is 0 Å². The van der Waals surface area contributed by atoms with Crippen LogP contribution in [0.2, 0.25) is 0 Å². The second kappa shape index (κ2) is 2.14. The second-order valence-electron chi connectivity index (χ2n) is 2.73. The lowest BCUT2D eigenvalue weighted by molar-refractivity contribution is 0.106. The molecule has 1 aliphatic carbocycles. The summed E-state index contributed by atoms with van der Waals surface area (Å²) >= 11 is 0. The van der Waals surface area contributed by atoms with Crippen LogP contribution in [0.15, 0.2) is 30.8 Å². The van der Waals surface area contributed by atoms with E-state index < -0.39 is 0 Å². The number of hydrogen-bond acceptors (Lipinski definition) is 2. The van der Waals surface area contributed by atoms with Crippen molar-refractivity contribution < 1.29 is 4.79 Å². The van der Waals surface area contributed by atoms with Crippen molar-refractivity contribution in [2.45, 2.75) is 0 Å². The van der Waals surface area contributed by atoms with E-state index in [4.69, 9.17) is 5.41 Å². The van der Waals surface area contributed by atoms with Gasteiger partial charge in [0.15, 0.2) is 0 Å². The summed E-state index contributed by atoms with van der Waals surface area (Å²) in [5.41, 5.74) is 1.96. The van der Waals surface area contributed by atoms with Crippen molar-refractivity contribution >= 4 is 17.1 Å². The molecule has 0 fully saturated rings. The largest absolute Gasteiger partial charge is 0.296 e. The van der Waals surface area contributed by atoms with Crippen molar-refractivity contribution in [3.8, 4) is 0 Å². The van der Waals surface area contributed by atoms with Crippen LogP contribution in [-0.2, 0) is 0 Å². The molecular formula is C10H7NO. The fourth-order valence-electron chi connectivity index (χ4n) is 1.35. The van der Waals surface area contributed by atoms with E-state index in [9.17, 15) is 4.79 Å². The van der Waals surface area contributed by atoms with Gasteiger partial charge in [0.2, 0.25) is 5.78 Å². The average molecular weight is 157 g/mol. The maximum Gasteiger partial charge on any atom is 0.211 e. The zero-order valence-electron chi connectivity index (χ0n) is 6.42. The van der Waals surface area contributed by atoms with Gasteiger partial charge in [0.1, 0.15) is 5.71 Å². The Labute approximate surface area is 70.0 Å². The fraction of sp³-hybridized carbons (Fsp3) is 0. The van der Waals surface area contributed by atoms with Crippen molar-refractivity contribution in [1.29, 1.82) is 5.41 Å². The number of benzene rings is 1. The molecule has 0 saturated carbocycles. The van der Waals surface area contributed by atoms with Gasteiger partial charge in [0, 0.05) is 11.1 Å². The SMILES string of the molecule is C=C1C(=N)C(=O)c2ccccc21. The lowest BCUT2D eigenvalue weighted by Crippen LogP contribution is -2.03. The Kier molecular flexibility index (Phi) is 1.24. The third kappa shape index (κ3) is 0.691. The Hall–Kier alpha value is -1.70. The molecule has 2 heteroatoms. The molecule has 0 atom stereocenters. The van der Waals surface area contributed by atoms with E-state index in [1.54, 1.807) is 12.1 Å². The molecular weight excluding hydrogens is 150 g/mol. The molecule has 2 rings (SSSR count). The van der Waals surface area contributed by atoms with E-state index in [1.807, 2.05) is 12.1 Å². The molecule has 1 N–H and O–H groups in total. The molecule has 0 aromatic heterocycles. The van der Waals surface area contributed by atoms with Crippen LogP contribution in [0.1, 0.15) is 15.9 Å². The molecule has 1 aliphatic rings. The van der Waals surface area contributed by atoms with Gasteiger partial charge in [-0.25, -0.2) is 0 Å². The first-order chi connectivity index (χ1) is 5.72. The summed E-state index contributed by atoms with van der Waals surface area (Å²) < 4.78 is 0. The zero-order chi connectivity index (χ0) is 8.72. The highest BCUT2D eigenvalue weighted by Gasteiger charge is 2.27. The summed E-state index contributed by atoms with van der Waals surface area (Å²) in [6.45, 7) is 3.68. The normalized spacial score (nSPS) is 15.2. The number of hydrogen-bond donors (Lipinski definition) is 1. The molecule has 0 amide bonds. The Morgan fingerprint density at radius 2 is 1.75 bits per heavy atom. The summed E-state index contributed by atoms with van der Waals surface area (Å²) in [7, 11) is 0. The Morgan fingerprint density at radius 3 is 2.33 bits per heavy atom. The van der Waals surface area contributed by atoms with E-state index in [-0.39, 0.29) is 11.5 Å². The first kappa shape index (κ1) is 6.98. The Bertz CT molecular complexity index is 367. The predicted molar refractivity (Wildman–Crippen MR) is 47.5 cm³/mol. The van der Waals surface area contributed by atoms with Crippen LogP contribution in [0.4, 0.5) is 0 Å². The van der Waals surface area contributed by atoms with Crippen molar-refractivity contribution in [1.82, 2.24) is 0 Å².